The molecular formula is C17H24N2O3S. The number of fused-ring (bicyclic) bond motifs is 2. The molecule has 0 spiro atoms. The van der Waals surface area contributed by atoms with Gasteiger partial charge < -0.3 is 5.32 Å². The zero-order chi connectivity index (χ0) is 16.8. The summed E-state index contributed by atoms with van der Waals surface area (Å²) >= 11 is 0. The van der Waals surface area contributed by atoms with Crippen molar-refractivity contribution in [2.75, 3.05) is 19.4 Å². The number of hydrogen-bond acceptors (Lipinski definition) is 3. The summed E-state index contributed by atoms with van der Waals surface area (Å²) < 4.78 is 25.7. The molecule has 23 heavy (non-hydrogen) atoms. The summed E-state index contributed by atoms with van der Waals surface area (Å²) in [6.45, 7) is 1.88. The van der Waals surface area contributed by atoms with Crippen LogP contribution in [0, 0.1) is 24.7 Å². The number of benzene rings is 1. The van der Waals surface area contributed by atoms with E-state index < -0.39 is 10.0 Å². The summed E-state index contributed by atoms with van der Waals surface area (Å²) in [5, 5.41) is 2.97. The predicted octanol–water partition coefficient (Wildman–Crippen LogP) is 2.62. The molecule has 3 rings (SSSR count). The molecule has 0 radical (unpaired) electrons. The molecule has 0 aromatic heterocycles. The zero-order valence-electron chi connectivity index (χ0n) is 13.9. The van der Waals surface area contributed by atoms with Gasteiger partial charge in [-0.05, 0) is 55.7 Å². The number of nitrogens with one attached hydrogen (secondary N) is 1. The highest BCUT2D eigenvalue weighted by Gasteiger charge is 2.43. The Kier molecular flexibility index (Phi) is 4.23. The molecule has 2 saturated carbocycles. The molecule has 2 aliphatic carbocycles. The van der Waals surface area contributed by atoms with Crippen LogP contribution < -0.4 is 5.32 Å². The monoisotopic (exact) mass is 336 g/mol. The van der Waals surface area contributed by atoms with E-state index in [1.807, 2.05) is 6.92 Å². The molecule has 126 valence electrons. The van der Waals surface area contributed by atoms with E-state index in [2.05, 4.69) is 5.32 Å². The van der Waals surface area contributed by atoms with Crippen LogP contribution >= 0.6 is 0 Å². The Labute approximate surface area is 138 Å². The zero-order valence-corrected chi connectivity index (χ0v) is 14.7. The molecule has 2 bridgehead atoms. The maximum Gasteiger partial charge on any atom is 0.242 e. The lowest BCUT2D eigenvalue weighted by molar-refractivity contribution is -0.121. The highest BCUT2D eigenvalue weighted by Crippen LogP contribution is 2.48. The summed E-state index contributed by atoms with van der Waals surface area (Å²) in [6, 6.07) is 4.89. The second-order valence-electron chi connectivity index (χ2n) is 7.03. The van der Waals surface area contributed by atoms with Crippen molar-refractivity contribution >= 4 is 21.6 Å². The lowest BCUT2D eigenvalue weighted by Gasteiger charge is -2.21. The van der Waals surface area contributed by atoms with E-state index in [-0.39, 0.29) is 16.7 Å². The van der Waals surface area contributed by atoms with Crippen molar-refractivity contribution in [3.05, 3.63) is 23.8 Å². The number of nitrogens with zero attached hydrogens (tertiary/aromatic N) is 1. The Balaban J connectivity index is 1.81. The van der Waals surface area contributed by atoms with Gasteiger partial charge in [-0.2, -0.15) is 0 Å². The molecule has 0 saturated heterocycles. The van der Waals surface area contributed by atoms with Crippen molar-refractivity contribution in [1.82, 2.24) is 4.31 Å². The number of carbonyl (C=O) groups is 1. The average molecular weight is 336 g/mol. The summed E-state index contributed by atoms with van der Waals surface area (Å²) in [6.07, 6.45) is 4.55. The fourth-order valence-electron chi connectivity index (χ4n) is 3.90. The Morgan fingerprint density at radius 1 is 1.22 bits per heavy atom. The van der Waals surface area contributed by atoms with Crippen LogP contribution in [0.15, 0.2) is 23.1 Å². The van der Waals surface area contributed by atoms with Crippen LogP contribution in [0.3, 0.4) is 0 Å². The largest absolute Gasteiger partial charge is 0.326 e. The van der Waals surface area contributed by atoms with Crippen LogP contribution in [0.4, 0.5) is 5.69 Å². The lowest BCUT2D eigenvalue weighted by Crippen LogP contribution is -2.28. The van der Waals surface area contributed by atoms with E-state index in [4.69, 9.17) is 0 Å². The van der Waals surface area contributed by atoms with Crippen LogP contribution in [-0.2, 0) is 14.8 Å². The number of carbonyl (C=O) groups excluding carboxylic acids is 1. The molecule has 6 heteroatoms. The van der Waals surface area contributed by atoms with Crippen LogP contribution in [0.2, 0.25) is 0 Å². The van der Waals surface area contributed by atoms with Gasteiger partial charge in [-0.25, -0.2) is 12.7 Å². The third kappa shape index (κ3) is 3.02. The van der Waals surface area contributed by atoms with Crippen LogP contribution in [-0.4, -0.2) is 32.7 Å². The van der Waals surface area contributed by atoms with Crippen LogP contribution in [0.1, 0.15) is 31.2 Å². The summed E-state index contributed by atoms with van der Waals surface area (Å²) in [7, 11) is -0.492. The van der Waals surface area contributed by atoms with E-state index in [0.717, 1.165) is 18.4 Å². The lowest BCUT2D eigenvalue weighted by atomic mass is 9.88. The van der Waals surface area contributed by atoms with E-state index in [9.17, 15) is 13.2 Å². The van der Waals surface area contributed by atoms with Gasteiger partial charge in [-0.3, -0.25) is 4.79 Å². The third-order valence-corrected chi connectivity index (χ3v) is 7.13. The van der Waals surface area contributed by atoms with Crippen molar-refractivity contribution in [3.63, 3.8) is 0 Å². The standard InChI is InChI=1S/C17H24N2O3S/c1-11-4-7-14(23(21,22)19(2)3)10-16(11)18-17(20)15-9-12-5-6-13(15)8-12/h4,7,10,12-13,15H,5-6,8-9H2,1-3H3,(H,18,20). The van der Waals surface area contributed by atoms with Crippen molar-refractivity contribution in [1.29, 1.82) is 0 Å². The number of anilines is 1. The molecule has 3 unspecified atom stereocenters. The fraction of sp³-hybridized carbons (Fsp3) is 0.588. The first-order valence-corrected chi connectivity index (χ1v) is 9.57. The van der Waals surface area contributed by atoms with Gasteiger partial charge >= 0.3 is 0 Å². The van der Waals surface area contributed by atoms with Crippen LogP contribution in [0.25, 0.3) is 0 Å². The Bertz CT molecular complexity index is 727. The highest BCUT2D eigenvalue weighted by molar-refractivity contribution is 7.89. The topological polar surface area (TPSA) is 66.5 Å². The Morgan fingerprint density at radius 2 is 1.96 bits per heavy atom. The molecule has 1 amide bonds. The van der Waals surface area contributed by atoms with Crippen LogP contribution in [0.5, 0.6) is 0 Å². The van der Waals surface area contributed by atoms with Gasteiger partial charge in [0.2, 0.25) is 15.9 Å². The molecule has 5 nitrogen and oxygen atoms in total. The van der Waals surface area contributed by atoms with E-state index in [0.29, 0.717) is 17.5 Å². The number of sulfonamides is 1. The predicted molar refractivity (Wildman–Crippen MR) is 89.6 cm³/mol. The molecule has 1 aromatic carbocycles. The van der Waals surface area contributed by atoms with Crippen molar-refractivity contribution in [2.45, 2.75) is 37.5 Å². The van der Waals surface area contributed by atoms with Gasteiger partial charge in [0.1, 0.15) is 0 Å². The minimum absolute atomic E-state index is 0.0414. The molecule has 3 atom stereocenters. The fourth-order valence-corrected chi connectivity index (χ4v) is 4.83. The maximum absolute atomic E-state index is 12.6. The molecule has 0 heterocycles. The van der Waals surface area contributed by atoms with E-state index >= 15 is 0 Å². The Hall–Kier alpha value is -1.40. The van der Waals surface area contributed by atoms with E-state index in [1.165, 1.54) is 31.2 Å². The minimum atomic E-state index is -3.50. The molecule has 0 aliphatic heterocycles. The SMILES string of the molecule is Cc1ccc(S(=O)(=O)N(C)C)cc1NC(=O)C1CC2CCC1C2. The number of rotatable bonds is 4. The quantitative estimate of drug-likeness (QED) is 0.919. The molecule has 2 fully saturated rings. The van der Waals surface area contributed by atoms with Gasteiger partial charge in [0, 0.05) is 25.7 Å². The number of amides is 1. The average Bonchev–Trinajstić information content (AvgIpc) is 3.11. The normalized spacial score (nSPS) is 26.7. The summed E-state index contributed by atoms with van der Waals surface area (Å²) in [5.74, 6) is 1.34. The first kappa shape index (κ1) is 16.5. The minimum Gasteiger partial charge on any atom is -0.326 e. The second-order valence-corrected chi connectivity index (χ2v) is 9.19. The van der Waals surface area contributed by atoms with Gasteiger partial charge in [0.05, 0.1) is 4.90 Å². The summed E-state index contributed by atoms with van der Waals surface area (Å²) in [5.41, 5.74) is 1.47. The third-order valence-electron chi connectivity index (χ3n) is 5.32. The molecule has 1 aromatic rings. The smallest absolute Gasteiger partial charge is 0.242 e. The molecule has 1 N–H and O–H groups in total. The molecule has 2 aliphatic rings. The Morgan fingerprint density at radius 3 is 2.52 bits per heavy atom. The number of aryl methyl sites for hydroxylation is 1. The van der Waals surface area contributed by atoms with Crippen molar-refractivity contribution < 1.29 is 13.2 Å². The molecular weight excluding hydrogens is 312 g/mol. The van der Waals surface area contributed by atoms with Gasteiger partial charge in [0.25, 0.3) is 0 Å². The van der Waals surface area contributed by atoms with Gasteiger partial charge in [-0.1, -0.05) is 12.5 Å². The van der Waals surface area contributed by atoms with E-state index in [1.54, 1.807) is 18.2 Å². The highest BCUT2D eigenvalue weighted by atomic mass is 32.2. The maximum atomic E-state index is 12.6. The second kappa shape index (κ2) is 5.91. The number of hydrogen-bond donors (Lipinski definition) is 1. The first-order valence-electron chi connectivity index (χ1n) is 8.13. The summed E-state index contributed by atoms with van der Waals surface area (Å²) in [4.78, 5) is 12.8. The van der Waals surface area contributed by atoms with Crippen molar-refractivity contribution in [2.24, 2.45) is 17.8 Å². The van der Waals surface area contributed by atoms with Crippen molar-refractivity contribution in [3.8, 4) is 0 Å². The van der Waals surface area contributed by atoms with Gasteiger partial charge in [-0.15, -0.1) is 0 Å². The first-order chi connectivity index (χ1) is 10.8. The van der Waals surface area contributed by atoms with Gasteiger partial charge in [0.15, 0.2) is 0 Å².